The summed E-state index contributed by atoms with van der Waals surface area (Å²) in [6.45, 7) is 9.69. The molecule has 0 saturated carbocycles. The van der Waals surface area contributed by atoms with Gasteiger partial charge in [-0.05, 0) is 0 Å². The first kappa shape index (κ1) is 19.0. The van der Waals surface area contributed by atoms with Crippen molar-refractivity contribution in [1.82, 2.24) is 0 Å². The summed E-state index contributed by atoms with van der Waals surface area (Å²) in [4.78, 5) is 0. The molecule has 0 aromatic rings. The Bertz CT molecular complexity index is 676. The van der Waals surface area contributed by atoms with Gasteiger partial charge in [-0.15, -0.1) is 0 Å². The van der Waals surface area contributed by atoms with Crippen molar-refractivity contribution < 1.29 is 21.3 Å². The van der Waals surface area contributed by atoms with E-state index in [0.717, 1.165) is 7.25 Å². The van der Waals surface area contributed by atoms with Crippen molar-refractivity contribution in [2.45, 2.75) is 86.3 Å². The van der Waals surface area contributed by atoms with Crippen LogP contribution >= 0.6 is 0 Å². The zero-order chi connectivity index (χ0) is 18.4. The second kappa shape index (κ2) is 7.62. The maximum atomic E-state index is 5.10. The molecule has 0 spiro atoms. The Morgan fingerprint density at radius 3 is 1.50 bits per heavy atom. The second-order valence-corrected chi connectivity index (χ2v) is 15.2. The molecular formula is C25H36Zr. The van der Waals surface area contributed by atoms with Crippen LogP contribution < -0.4 is 0 Å². The fraction of sp³-hybridized carbons (Fsp3) is 0.640. The van der Waals surface area contributed by atoms with Crippen molar-refractivity contribution in [2.24, 2.45) is 11.8 Å². The standard InChI is InChI=1S/2C12H17.CH2.Zr/c2*1-9(2)12-7-10-5-3-4-6-11(10)8-12;;/h2*7-9H,3-6H2,1-2H3;1H2;. The Labute approximate surface area is 168 Å². The first-order chi connectivity index (χ1) is 12.5. The van der Waals surface area contributed by atoms with Crippen LogP contribution in [0.4, 0.5) is 0 Å². The van der Waals surface area contributed by atoms with Crippen molar-refractivity contribution in [3.8, 4) is 0 Å². The molecule has 0 fully saturated rings. The van der Waals surface area contributed by atoms with Crippen LogP contribution in [0.5, 0.6) is 0 Å². The van der Waals surface area contributed by atoms with Crippen LogP contribution in [0.15, 0.2) is 45.6 Å². The van der Waals surface area contributed by atoms with Gasteiger partial charge >= 0.3 is 169 Å². The zero-order valence-electron chi connectivity index (χ0n) is 17.3. The van der Waals surface area contributed by atoms with Gasteiger partial charge in [0.2, 0.25) is 0 Å². The Kier molecular flexibility index (Phi) is 5.58. The molecule has 0 saturated heterocycles. The Morgan fingerprint density at radius 2 is 1.12 bits per heavy atom. The van der Waals surface area contributed by atoms with Crippen molar-refractivity contribution >= 4 is 4.21 Å². The maximum absolute atomic E-state index is 5.10. The van der Waals surface area contributed by atoms with E-state index in [9.17, 15) is 0 Å². The van der Waals surface area contributed by atoms with Gasteiger partial charge in [-0.1, -0.05) is 0 Å². The summed E-state index contributed by atoms with van der Waals surface area (Å²) in [6, 6.07) is 0. The fourth-order valence-corrected chi connectivity index (χ4v) is 14.7. The van der Waals surface area contributed by atoms with Gasteiger partial charge in [0, 0.05) is 0 Å². The molecule has 2 atom stereocenters. The summed E-state index contributed by atoms with van der Waals surface area (Å²) in [7, 11) is 0. The molecule has 0 radical (unpaired) electrons. The topological polar surface area (TPSA) is 0 Å². The van der Waals surface area contributed by atoms with Crippen LogP contribution in [0.1, 0.15) is 79.1 Å². The van der Waals surface area contributed by atoms with E-state index in [-0.39, 0.29) is 0 Å². The quantitative estimate of drug-likeness (QED) is 0.434. The van der Waals surface area contributed by atoms with Crippen LogP contribution in [-0.2, 0) is 21.3 Å². The van der Waals surface area contributed by atoms with Crippen LogP contribution in [-0.4, -0.2) is 4.21 Å². The SMILES string of the molecule is [CH2]=[Zr]([CH]1C(C(C)C)=CC2=C1CCCC2)[CH]1C(C(C)C)=CC2=C1CCCC2. The minimum absolute atomic E-state index is 0.690. The van der Waals surface area contributed by atoms with Crippen molar-refractivity contribution in [1.29, 1.82) is 0 Å². The van der Waals surface area contributed by atoms with E-state index in [1.54, 1.807) is 22.3 Å². The van der Waals surface area contributed by atoms with Crippen molar-refractivity contribution in [3.05, 3.63) is 45.6 Å². The Balaban J connectivity index is 1.73. The molecular weight excluding hydrogens is 391 g/mol. The van der Waals surface area contributed by atoms with E-state index in [1.807, 2.05) is 11.1 Å². The molecule has 1 heteroatoms. The molecule has 2 unspecified atom stereocenters. The minimum atomic E-state index is -1.93. The molecule has 0 amide bonds. The predicted molar refractivity (Wildman–Crippen MR) is 111 cm³/mol. The van der Waals surface area contributed by atoms with E-state index in [4.69, 9.17) is 4.21 Å². The molecule has 4 aliphatic rings. The van der Waals surface area contributed by atoms with Gasteiger partial charge in [-0.25, -0.2) is 0 Å². The molecule has 0 nitrogen and oxygen atoms in total. The molecule has 0 aromatic carbocycles. The van der Waals surface area contributed by atoms with Crippen LogP contribution in [0, 0.1) is 11.8 Å². The summed E-state index contributed by atoms with van der Waals surface area (Å²) in [5, 5.41) is 0. The predicted octanol–water partition coefficient (Wildman–Crippen LogP) is 7.55. The average molecular weight is 428 g/mol. The van der Waals surface area contributed by atoms with E-state index in [1.165, 1.54) is 51.4 Å². The van der Waals surface area contributed by atoms with Crippen LogP contribution in [0.2, 0.25) is 7.25 Å². The van der Waals surface area contributed by atoms with Crippen molar-refractivity contribution in [3.63, 3.8) is 0 Å². The van der Waals surface area contributed by atoms with E-state index >= 15 is 0 Å². The van der Waals surface area contributed by atoms with Gasteiger partial charge < -0.3 is 0 Å². The third-order valence-corrected chi connectivity index (χ3v) is 14.2. The van der Waals surface area contributed by atoms with Gasteiger partial charge in [0.15, 0.2) is 0 Å². The number of hydrogen-bond acceptors (Lipinski definition) is 0. The Morgan fingerprint density at radius 1 is 0.731 bits per heavy atom. The van der Waals surface area contributed by atoms with Crippen LogP contribution in [0.3, 0.4) is 0 Å². The van der Waals surface area contributed by atoms with E-state index in [2.05, 4.69) is 39.8 Å². The molecule has 140 valence electrons. The number of allylic oxidation sites excluding steroid dienone is 8. The van der Waals surface area contributed by atoms with Gasteiger partial charge in [0.25, 0.3) is 0 Å². The van der Waals surface area contributed by atoms with E-state index in [0.29, 0.717) is 11.8 Å². The number of rotatable bonds is 4. The number of hydrogen-bond donors (Lipinski definition) is 0. The summed E-state index contributed by atoms with van der Waals surface area (Å²) in [5.74, 6) is 1.38. The molecule has 0 aromatic heterocycles. The first-order valence-corrected chi connectivity index (χ1v) is 15.6. The van der Waals surface area contributed by atoms with Crippen molar-refractivity contribution in [2.75, 3.05) is 0 Å². The summed E-state index contributed by atoms with van der Waals surface area (Å²) in [5.41, 5.74) is 10.7. The zero-order valence-corrected chi connectivity index (χ0v) is 19.8. The third-order valence-electron chi connectivity index (χ3n) is 7.23. The second-order valence-electron chi connectivity index (χ2n) is 9.55. The summed E-state index contributed by atoms with van der Waals surface area (Å²) >= 11 is -1.93. The molecule has 26 heavy (non-hydrogen) atoms. The Hall–Kier alpha value is -0.287. The molecule has 4 aliphatic carbocycles. The molecule has 4 rings (SSSR count). The van der Waals surface area contributed by atoms with Gasteiger partial charge in [-0.3, -0.25) is 0 Å². The summed E-state index contributed by atoms with van der Waals surface area (Å²) in [6.07, 6.45) is 16.3. The van der Waals surface area contributed by atoms with Gasteiger partial charge in [-0.2, -0.15) is 0 Å². The normalized spacial score (nSPS) is 28.5. The summed E-state index contributed by atoms with van der Waals surface area (Å²) < 4.78 is 6.70. The molecule has 0 aliphatic heterocycles. The van der Waals surface area contributed by atoms with Gasteiger partial charge in [0.05, 0.1) is 0 Å². The average Bonchev–Trinajstić information content (AvgIpc) is 3.20. The van der Waals surface area contributed by atoms with Crippen LogP contribution in [0.25, 0.3) is 0 Å². The third kappa shape index (κ3) is 3.21. The van der Waals surface area contributed by atoms with E-state index < -0.39 is 21.3 Å². The van der Waals surface area contributed by atoms with Gasteiger partial charge in [0.1, 0.15) is 0 Å². The first-order valence-electron chi connectivity index (χ1n) is 11.0. The molecule has 0 N–H and O–H groups in total. The molecule has 0 heterocycles. The fourth-order valence-electron chi connectivity index (χ4n) is 5.91. The monoisotopic (exact) mass is 426 g/mol. The molecule has 0 bridgehead atoms.